The first-order valence-electron chi connectivity index (χ1n) is 7.46. The highest BCUT2D eigenvalue weighted by Gasteiger charge is 2.12. The summed E-state index contributed by atoms with van der Waals surface area (Å²) in [5.41, 5.74) is 1.82. The van der Waals surface area contributed by atoms with Crippen LogP contribution in [-0.4, -0.2) is 24.9 Å². The molecule has 0 fully saturated rings. The molecule has 2 aromatic carbocycles. The number of rotatable bonds is 5. The maximum atomic E-state index is 6.00. The van der Waals surface area contributed by atoms with Gasteiger partial charge in [0, 0.05) is 16.3 Å². The number of hydrogen-bond donors (Lipinski definition) is 0. The normalized spacial score (nSPS) is 10.9. The fourth-order valence-corrected chi connectivity index (χ4v) is 3.23. The fraction of sp³-hybridized carbons (Fsp3) is 0.0588. The van der Waals surface area contributed by atoms with E-state index in [-0.39, 0.29) is 0 Å². The van der Waals surface area contributed by atoms with Crippen LogP contribution in [0.25, 0.3) is 17.1 Å². The molecule has 0 amide bonds. The summed E-state index contributed by atoms with van der Waals surface area (Å²) < 4.78 is 7.24. The van der Waals surface area contributed by atoms with Crippen LogP contribution in [0, 0.1) is 0 Å². The van der Waals surface area contributed by atoms with Gasteiger partial charge < -0.3 is 4.52 Å². The first kappa shape index (κ1) is 15.9. The van der Waals surface area contributed by atoms with Gasteiger partial charge in [0.1, 0.15) is 6.33 Å². The van der Waals surface area contributed by atoms with Gasteiger partial charge in [0.05, 0.1) is 5.75 Å². The van der Waals surface area contributed by atoms with Crippen LogP contribution in [0.5, 0.6) is 0 Å². The Balaban J connectivity index is 1.49. The van der Waals surface area contributed by atoms with E-state index >= 15 is 0 Å². The molecule has 4 rings (SSSR count). The van der Waals surface area contributed by atoms with Crippen molar-refractivity contribution in [1.29, 1.82) is 0 Å². The maximum Gasteiger partial charge on any atom is 0.237 e. The SMILES string of the molecule is Clc1cccc(-c2noc(CSc3nncn3-c3ccccc3)n2)c1. The summed E-state index contributed by atoms with van der Waals surface area (Å²) in [6.07, 6.45) is 1.68. The molecule has 25 heavy (non-hydrogen) atoms. The monoisotopic (exact) mass is 369 g/mol. The summed E-state index contributed by atoms with van der Waals surface area (Å²) in [6, 6.07) is 17.3. The number of thioether (sulfide) groups is 1. The third-order valence-corrected chi connectivity index (χ3v) is 4.59. The molecule has 0 N–H and O–H groups in total. The molecule has 0 aliphatic carbocycles. The minimum atomic E-state index is 0.499. The molecule has 4 aromatic rings. The van der Waals surface area contributed by atoms with Crippen molar-refractivity contribution in [2.45, 2.75) is 10.9 Å². The molecule has 0 spiro atoms. The predicted molar refractivity (Wildman–Crippen MR) is 95.7 cm³/mol. The largest absolute Gasteiger partial charge is 0.338 e. The highest BCUT2D eigenvalue weighted by atomic mass is 35.5. The molecule has 6 nitrogen and oxygen atoms in total. The zero-order chi connectivity index (χ0) is 17.1. The highest BCUT2D eigenvalue weighted by Crippen LogP contribution is 2.25. The first-order valence-corrected chi connectivity index (χ1v) is 8.83. The zero-order valence-corrected chi connectivity index (χ0v) is 14.5. The third kappa shape index (κ3) is 3.57. The maximum absolute atomic E-state index is 6.00. The predicted octanol–water partition coefficient (Wildman–Crippen LogP) is 4.26. The van der Waals surface area contributed by atoms with E-state index in [2.05, 4.69) is 20.3 Å². The summed E-state index contributed by atoms with van der Waals surface area (Å²) in [5.74, 6) is 1.53. The lowest BCUT2D eigenvalue weighted by Gasteiger charge is -2.04. The Morgan fingerprint density at radius 1 is 1.08 bits per heavy atom. The zero-order valence-electron chi connectivity index (χ0n) is 12.9. The van der Waals surface area contributed by atoms with Crippen LogP contribution in [0.3, 0.4) is 0 Å². The molecule has 0 saturated carbocycles. The minimum absolute atomic E-state index is 0.499. The number of halogens is 1. The van der Waals surface area contributed by atoms with Gasteiger partial charge in [0.25, 0.3) is 0 Å². The average molecular weight is 370 g/mol. The molecule has 0 aliphatic heterocycles. The number of benzene rings is 2. The van der Waals surface area contributed by atoms with Gasteiger partial charge in [0.2, 0.25) is 11.7 Å². The molecule has 2 aromatic heterocycles. The van der Waals surface area contributed by atoms with Gasteiger partial charge in [0.15, 0.2) is 5.16 Å². The first-order chi connectivity index (χ1) is 12.3. The van der Waals surface area contributed by atoms with Crippen molar-refractivity contribution in [3.8, 4) is 17.1 Å². The Bertz CT molecular complexity index is 985. The van der Waals surface area contributed by atoms with Crippen LogP contribution in [0.2, 0.25) is 5.02 Å². The van der Waals surface area contributed by atoms with Gasteiger partial charge in [-0.1, -0.05) is 58.9 Å². The van der Waals surface area contributed by atoms with Gasteiger partial charge in [-0.3, -0.25) is 4.57 Å². The second-order valence-corrected chi connectivity index (χ2v) is 6.51. The van der Waals surface area contributed by atoms with Gasteiger partial charge >= 0.3 is 0 Å². The lowest BCUT2D eigenvalue weighted by Crippen LogP contribution is -1.94. The minimum Gasteiger partial charge on any atom is -0.338 e. The summed E-state index contributed by atoms with van der Waals surface area (Å²) in [6.45, 7) is 0. The number of para-hydroxylation sites is 1. The van der Waals surface area contributed by atoms with Crippen molar-refractivity contribution in [2.75, 3.05) is 0 Å². The molecule has 0 unspecified atom stereocenters. The Hall–Kier alpha value is -2.64. The van der Waals surface area contributed by atoms with E-state index in [0.29, 0.717) is 22.5 Å². The molecular weight excluding hydrogens is 358 g/mol. The average Bonchev–Trinajstić information content (AvgIpc) is 3.30. The van der Waals surface area contributed by atoms with Crippen molar-refractivity contribution in [3.05, 3.63) is 71.8 Å². The smallest absolute Gasteiger partial charge is 0.237 e. The summed E-state index contributed by atoms with van der Waals surface area (Å²) in [4.78, 5) is 4.41. The Labute approximate surface area is 152 Å². The van der Waals surface area contributed by atoms with Gasteiger partial charge in [-0.05, 0) is 24.3 Å². The van der Waals surface area contributed by atoms with E-state index in [0.717, 1.165) is 16.4 Å². The van der Waals surface area contributed by atoms with Crippen molar-refractivity contribution >= 4 is 23.4 Å². The van der Waals surface area contributed by atoms with Gasteiger partial charge in [-0.25, -0.2) is 0 Å². The van der Waals surface area contributed by atoms with Crippen LogP contribution < -0.4 is 0 Å². The number of nitrogens with zero attached hydrogens (tertiary/aromatic N) is 5. The number of hydrogen-bond acceptors (Lipinski definition) is 6. The van der Waals surface area contributed by atoms with Crippen LogP contribution >= 0.6 is 23.4 Å². The van der Waals surface area contributed by atoms with E-state index < -0.39 is 0 Å². The van der Waals surface area contributed by atoms with E-state index in [9.17, 15) is 0 Å². The summed E-state index contributed by atoms with van der Waals surface area (Å²) in [7, 11) is 0. The topological polar surface area (TPSA) is 69.6 Å². The van der Waals surface area contributed by atoms with E-state index in [1.807, 2.05) is 47.0 Å². The van der Waals surface area contributed by atoms with Crippen LogP contribution in [-0.2, 0) is 5.75 Å². The highest BCUT2D eigenvalue weighted by molar-refractivity contribution is 7.98. The molecule has 0 saturated heterocycles. The van der Waals surface area contributed by atoms with Crippen LogP contribution in [0.1, 0.15) is 5.89 Å². The summed E-state index contributed by atoms with van der Waals surface area (Å²) in [5, 5.41) is 13.5. The van der Waals surface area contributed by atoms with E-state index in [4.69, 9.17) is 16.1 Å². The third-order valence-electron chi connectivity index (χ3n) is 3.43. The lowest BCUT2D eigenvalue weighted by atomic mass is 10.2. The fourth-order valence-electron chi connectivity index (χ4n) is 2.27. The Morgan fingerprint density at radius 3 is 2.80 bits per heavy atom. The number of aromatic nitrogens is 5. The van der Waals surface area contributed by atoms with Crippen molar-refractivity contribution in [1.82, 2.24) is 24.9 Å². The van der Waals surface area contributed by atoms with Crippen molar-refractivity contribution in [3.63, 3.8) is 0 Å². The second kappa shape index (κ2) is 7.08. The second-order valence-electron chi connectivity index (χ2n) is 5.13. The Morgan fingerprint density at radius 2 is 1.96 bits per heavy atom. The molecular formula is C17H12ClN5OS. The van der Waals surface area contributed by atoms with Crippen molar-refractivity contribution < 1.29 is 4.52 Å². The van der Waals surface area contributed by atoms with Crippen molar-refractivity contribution in [2.24, 2.45) is 0 Å². The molecule has 8 heteroatoms. The molecule has 124 valence electrons. The molecule has 0 aliphatic rings. The Kier molecular flexibility index (Phi) is 4.49. The molecule has 0 atom stereocenters. The van der Waals surface area contributed by atoms with E-state index in [1.54, 1.807) is 18.5 Å². The van der Waals surface area contributed by atoms with Crippen LogP contribution in [0.4, 0.5) is 0 Å². The van der Waals surface area contributed by atoms with Gasteiger partial charge in [-0.15, -0.1) is 10.2 Å². The lowest BCUT2D eigenvalue weighted by molar-refractivity contribution is 0.391. The quantitative estimate of drug-likeness (QED) is 0.489. The van der Waals surface area contributed by atoms with Gasteiger partial charge in [-0.2, -0.15) is 4.98 Å². The molecule has 2 heterocycles. The van der Waals surface area contributed by atoms with Crippen LogP contribution in [0.15, 0.2) is 70.6 Å². The summed E-state index contributed by atoms with van der Waals surface area (Å²) >= 11 is 7.48. The molecule has 0 radical (unpaired) electrons. The van der Waals surface area contributed by atoms with E-state index in [1.165, 1.54) is 11.8 Å². The molecule has 0 bridgehead atoms. The standard InChI is InChI=1S/C17H12ClN5OS/c18-13-6-4-5-12(9-13)16-20-15(24-22-16)10-25-17-21-19-11-23(17)14-7-2-1-3-8-14/h1-9,11H,10H2.